The van der Waals surface area contributed by atoms with Gasteiger partial charge < -0.3 is 13.9 Å². The summed E-state index contributed by atoms with van der Waals surface area (Å²) in [6, 6.07) is 1.51. The van der Waals surface area contributed by atoms with Gasteiger partial charge in [0.25, 0.3) is 0 Å². The average Bonchev–Trinajstić information content (AvgIpc) is 2.66. The molecule has 5 heteroatoms. The molecule has 0 bridgehead atoms. The molecule has 0 amide bonds. The lowest BCUT2D eigenvalue weighted by atomic mass is 9.86. The fraction of sp³-hybridized carbons (Fsp3) is 0.500. The number of carbonyl (C=O) groups is 1. The quantitative estimate of drug-likeness (QED) is 0.620. The van der Waals surface area contributed by atoms with Crippen LogP contribution in [0, 0.1) is 5.92 Å². The Hall–Kier alpha value is -2.56. The Labute approximate surface area is 171 Å². The normalized spacial score (nSPS) is 21.4. The third-order valence-electron chi connectivity index (χ3n) is 5.42. The zero-order valence-corrected chi connectivity index (χ0v) is 18.3. The van der Waals surface area contributed by atoms with Crippen LogP contribution in [-0.2, 0) is 6.42 Å². The highest BCUT2D eigenvalue weighted by molar-refractivity contribution is 6.14. The van der Waals surface area contributed by atoms with Crippen molar-refractivity contribution in [1.29, 1.82) is 0 Å². The first-order chi connectivity index (χ1) is 13.7. The van der Waals surface area contributed by atoms with Gasteiger partial charge in [0.05, 0.1) is 16.9 Å². The molecule has 0 spiro atoms. The monoisotopic (exact) mass is 398 g/mol. The van der Waals surface area contributed by atoms with Gasteiger partial charge in [0.15, 0.2) is 11.4 Å². The molecule has 29 heavy (non-hydrogen) atoms. The van der Waals surface area contributed by atoms with E-state index < -0.39 is 11.2 Å². The number of aryl methyl sites for hydroxylation is 1. The Balaban J connectivity index is 0.00000117. The first-order valence-corrected chi connectivity index (χ1v) is 10.5. The number of ketones is 1. The van der Waals surface area contributed by atoms with E-state index in [-0.39, 0.29) is 23.4 Å². The smallest absolute Gasteiger partial charge is 0.336 e. The summed E-state index contributed by atoms with van der Waals surface area (Å²) >= 11 is 0. The van der Waals surface area contributed by atoms with Crippen LogP contribution in [0.5, 0.6) is 11.5 Å². The van der Waals surface area contributed by atoms with Crippen LogP contribution in [0.25, 0.3) is 17.0 Å². The van der Waals surface area contributed by atoms with Crippen LogP contribution >= 0.6 is 0 Å². The van der Waals surface area contributed by atoms with Gasteiger partial charge >= 0.3 is 5.63 Å². The van der Waals surface area contributed by atoms with E-state index >= 15 is 0 Å². The molecule has 0 radical (unpaired) electrons. The zero-order valence-electron chi connectivity index (χ0n) is 18.3. The van der Waals surface area contributed by atoms with E-state index in [9.17, 15) is 9.59 Å². The SMILES string of the molecule is CC.CCCc1cc(=O)oc2c3c(c4c(c12)OC(C)(C)C=C4)O[C@H](C)C(C)C3=O. The van der Waals surface area contributed by atoms with Gasteiger partial charge in [-0.25, -0.2) is 4.79 Å². The minimum absolute atomic E-state index is 0.0633. The highest BCUT2D eigenvalue weighted by Crippen LogP contribution is 2.49. The highest BCUT2D eigenvalue weighted by atomic mass is 16.5. The maximum absolute atomic E-state index is 13.1. The number of hydrogen-bond acceptors (Lipinski definition) is 5. The molecule has 156 valence electrons. The van der Waals surface area contributed by atoms with Crippen LogP contribution in [0.1, 0.15) is 76.4 Å². The fourth-order valence-electron chi connectivity index (χ4n) is 3.82. The van der Waals surface area contributed by atoms with E-state index in [0.717, 1.165) is 17.5 Å². The van der Waals surface area contributed by atoms with E-state index in [1.165, 1.54) is 6.07 Å². The third-order valence-corrected chi connectivity index (χ3v) is 5.42. The lowest BCUT2D eigenvalue weighted by Gasteiger charge is -2.34. The van der Waals surface area contributed by atoms with E-state index in [1.54, 1.807) is 0 Å². The number of fused-ring (bicyclic) bond motifs is 6. The van der Waals surface area contributed by atoms with Crippen molar-refractivity contribution in [1.82, 2.24) is 0 Å². The molecule has 0 aliphatic carbocycles. The standard InChI is InChI=1S/C22H24O5.C2H6/c1-6-7-13-10-15(23)26-21-16(13)20-14(8-9-22(4,5)27-20)19-17(21)18(24)11(2)12(3)25-19;1-2/h8-12H,6-7H2,1-5H3;1-2H3/t11?,12-;/m1./s1. The summed E-state index contributed by atoms with van der Waals surface area (Å²) in [6.45, 7) is 13.7. The minimum atomic E-state index is -0.509. The van der Waals surface area contributed by atoms with Gasteiger partial charge in [-0.3, -0.25) is 4.79 Å². The maximum Gasteiger partial charge on any atom is 0.336 e. The van der Waals surface area contributed by atoms with Gasteiger partial charge in [-0.15, -0.1) is 0 Å². The van der Waals surface area contributed by atoms with Crippen LogP contribution in [0.3, 0.4) is 0 Å². The minimum Gasteiger partial charge on any atom is -0.488 e. The van der Waals surface area contributed by atoms with Crippen LogP contribution in [-0.4, -0.2) is 17.5 Å². The number of hydrogen-bond donors (Lipinski definition) is 0. The maximum atomic E-state index is 13.1. The second-order valence-corrected chi connectivity index (χ2v) is 8.01. The van der Waals surface area contributed by atoms with Crippen molar-refractivity contribution in [3.05, 3.63) is 39.3 Å². The summed E-state index contributed by atoms with van der Waals surface area (Å²) in [7, 11) is 0. The van der Waals surface area contributed by atoms with Crippen LogP contribution < -0.4 is 15.1 Å². The summed E-state index contributed by atoms with van der Waals surface area (Å²) < 4.78 is 18.0. The molecule has 2 atom stereocenters. The number of benzene rings is 1. The van der Waals surface area contributed by atoms with Crippen LogP contribution in [0.15, 0.2) is 21.4 Å². The van der Waals surface area contributed by atoms with E-state index in [1.807, 2.05) is 60.6 Å². The first-order valence-electron chi connectivity index (χ1n) is 10.5. The molecule has 1 aromatic heterocycles. The molecule has 2 aliphatic heterocycles. The van der Waals surface area contributed by atoms with Gasteiger partial charge in [-0.1, -0.05) is 34.1 Å². The molecule has 0 saturated carbocycles. The lowest BCUT2D eigenvalue weighted by Crippen LogP contribution is -2.35. The Kier molecular flexibility index (Phi) is 5.61. The zero-order chi connectivity index (χ0) is 21.5. The fourth-order valence-corrected chi connectivity index (χ4v) is 3.82. The molecule has 3 heterocycles. The van der Waals surface area contributed by atoms with Gasteiger partial charge in [-0.05, 0) is 44.9 Å². The molecule has 5 nitrogen and oxygen atoms in total. The summed E-state index contributed by atoms with van der Waals surface area (Å²) in [4.78, 5) is 25.4. The van der Waals surface area contributed by atoms with Crippen LogP contribution in [0.2, 0.25) is 0 Å². The molecule has 1 aromatic carbocycles. The summed E-state index contributed by atoms with van der Waals surface area (Å²) in [6.07, 6.45) is 5.20. The predicted octanol–water partition coefficient (Wildman–Crippen LogP) is 5.56. The summed E-state index contributed by atoms with van der Waals surface area (Å²) in [5, 5.41) is 0.710. The number of Topliss-reactive ketones (excluding diaryl/α,β-unsaturated/α-hetero) is 1. The van der Waals surface area contributed by atoms with Gasteiger partial charge in [0.1, 0.15) is 28.8 Å². The topological polar surface area (TPSA) is 65.7 Å². The van der Waals surface area contributed by atoms with Gasteiger partial charge in [-0.2, -0.15) is 0 Å². The lowest BCUT2D eigenvalue weighted by molar-refractivity contribution is 0.0728. The van der Waals surface area contributed by atoms with Crippen molar-refractivity contribution in [3.8, 4) is 11.5 Å². The van der Waals surface area contributed by atoms with Crippen molar-refractivity contribution >= 4 is 22.8 Å². The molecule has 0 saturated heterocycles. The number of rotatable bonds is 2. The Morgan fingerprint density at radius 3 is 2.45 bits per heavy atom. The van der Waals surface area contributed by atoms with Gasteiger partial charge in [0, 0.05) is 6.07 Å². The van der Waals surface area contributed by atoms with Crippen molar-refractivity contribution in [2.75, 3.05) is 0 Å². The predicted molar refractivity (Wildman–Crippen MR) is 115 cm³/mol. The van der Waals surface area contributed by atoms with E-state index in [2.05, 4.69) is 0 Å². The van der Waals surface area contributed by atoms with Crippen molar-refractivity contribution in [2.24, 2.45) is 5.92 Å². The molecule has 1 unspecified atom stereocenters. The highest BCUT2D eigenvalue weighted by Gasteiger charge is 2.39. The van der Waals surface area contributed by atoms with E-state index in [4.69, 9.17) is 13.9 Å². The Morgan fingerprint density at radius 1 is 1.10 bits per heavy atom. The molecule has 0 fully saturated rings. The first kappa shape index (κ1) is 21.2. The molecule has 4 rings (SSSR count). The Bertz CT molecular complexity index is 1040. The van der Waals surface area contributed by atoms with Crippen LogP contribution in [0.4, 0.5) is 0 Å². The number of ether oxygens (including phenoxy) is 2. The Morgan fingerprint density at radius 2 is 1.79 bits per heavy atom. The second-order valence-electron chi connectivity index (χ2n) is 8.01. The summed E-state index contributed by atoms with van der Waals surface area (Å²) in [5.74, 6) is 0.699. The van der Waals surface area contributed by atoms with Gasteiger partial charge in [0.2, 0.25) is 0 Å². The average molecular weight is 398 g/mol. The molecular weight excluding hydrogens is 368 g/mol. The second kappa shape index (κ2) is 7.69. The largest absolute Gasteiger partial charge is 0.488 e. The number of carbonyl (C=O) groups excluding carboxylic acids is 1. The molecule has 2 aliphatic rings. The van der Waals surface area contributed by atoms with E-state index in [0.29, 0.717) is 28.9 Å². The third kappa shape index (κ3) is 3.47. The molecule has 0 N–H and O–H groups in total. The van der Waals surface area contributed by atoms with Crippen molar-refractivity contribution in [3.63, 3.8) is 0 Å². The van der Waals surface area contributed by atoms with Crippen molar-refractivity contribution < 1.29 is 18.7 Å². The summed E-state index contributed by atoms with van der Waals surface area (Å²) in [5.41, 5.74) is 1.26. The molecular formula is C24H30O5. The molecule has 2 aromatic rings. The van der Waals surface area contributed by atoms with Crippen molar-refractivity contribution in [2.45, 2.75) is 73.0 Å².